The molecule has 1 unspecified atom stereocenters. The fourth-order valence-corrected chi connectivity index (χ4v) is 3.28. The average molecular weight is 282 g/mol. The first-order chi connectivity index (χ1) is 7.07. The van der Waals surface area contributed by atoms with E-state index >= 15 is 0 Å². The first-order valence-corrected chi connectivity index (χ1v) is 7.87. The first kappa shape index (κ1) is 14.0. The highest BCUT2D eigenvalue weighted by atomic mass is 35.5. The summed E-state index contributed by atoms with van der Waals surface area (Å²) in [4.78, 5) is 0.804. The van der Waals surface area contributed by atoms with Gasteiger partial charge in [-0.05, 0) is 32.4 Å². The summed E-state index contributed by atoms with van der Waals surface area (Å²) in [5.41, 5.74) is 6.95. The van der Waals surface area contributed by atoms with Gasteiger partial charge in [0.1, 0.15) is 0 Å². The van der Waals surface area contributed by atoms with E-state index in [1.807, 2.05) is 13.0 Å². The van der Waals surface area contributed by atoms with Crippen LogP contribution < -0.4 is 5.73 Å². The summed E-state index contributed by atoms with van der Waals surface area (Å²) in [5, 5.41) is 0. The summed E-state index contributed by atoms with van der Waals surface area (Å²) >= 11 is 7.29. The third kappa shape index (κ3) is 2.42. The second kappa shape index (κ2) is 4.29. The maximum absolute atomic E-state index is 11.7. The van der Waals surface area contributed by atoms with E-state index in [0.717, 1.165) is 10.4 Å². The van der Waals surface area contributed by atoms with Crippen LogP contribution in [-0.4, -0.2) is 19.4 Å². The van der Waals surface area contributed by atoms with Crippen molar-refractivity contribution in [3.63, 3.8) is 0 Å². The molecule has 0 spiro atoms. The van der Waals surface area contributed by atoms with Crippen LogP contribution in [0.1, 0.15) is 30.3 Å². The molecule has 0 aliphatic heterocycles. The van der Waals surface area contributed by atoms with Gasteiger partial charge in [-0.25, -0.2) is 8.42 Å². The van der Waals surface area contributed by atoms with Crippen LogP contribution in [0.15, 0.2) is 6.07 Å². The topological polar surface area (TPSA) is 60.2 Å². The lowest BCUT2D eigenvalue weighted by Crippen LogP contribution is -2.41. The number of halogens is 1. The summed E-state index contributed by atoms with van der Waals surface area (Å²) in [6.45, 7) is 5.15. The molecule has 16 heavy (non-hydrogen) atoms. The van der Waals surface area contributed by atoms with Gasteiger partial charge in [0.25, 0.3) is 0 Å². The Kier molecular flexibility index (Phi) is 3.75. The Labute approximate surface area is 106 Å². The summed E-state index contributed by atoms with van der Waals surface area (Å²) in [6, 6.07) is 1.30. The Morgan fingerprint density at radius 1 is 1.50 bits per heavy atom. The molecule has 1 atom stereocenters. The van der Waals surface area contributed by atoms with Crippen LogP contribution in [-0.2, 0) is 9.84 Å². The van der Waals surface area contributed by atoms with E-state index in [9.17, 15) is 8.42 Å². The molecule has 1 aromatic heterocycles. The van der Waals surface area contributed by atoms with Gasteiger partial charge in [-0.3, -0.25) is 0 Å². The van der Waals surface area contributed by atoms with Gasteiger partial charge >= 0.3 is 0 Å². The molecule has 0 fully saturated rings. The molecule has 2 N–H and O–H groups in total. The smallest absolute Gasteiger partial charge is 0.154 e. The lowest BCUT2D eigenvalue weighted by atomic mass is 10.0. The lowest BCUT2D eigenvalue weighted by molar-refractivity contribution is 0.501. The molecule has 0 radical (unpaired) electrons. The molecule has 92 valence electrons. The van der Waals surface area contributed by atoms with Gasteiger partial charge in [-0.1, -0.05) is 11.6 Å². The van der Waals surface area contributed by atoms with Crippen molar-refractivity contribution in [1.29, 1.82) is 0 Å². The summed E-state index contributed by atoms with van der Waals surface area (Å²) in [7, 11) is -3.21. The molecule has 0 saturated carbocycles. The van der Waals surface area contributed by atoms with Gasteiger partial charge < -0.3 is 5.73 Å². The fraction of sp³-hybridized carbons (Fsp3) is 0.600. The highest BCUT2D eigenvalue weighted by molar-refractivity contribution is 7.92. The van der Waals surface area contributed by atoms with E-state index in [1.165, 1.54) is 17.6 Å². The molecular formula is C10H16ClNO2S2. The zero-order valence-electron chi connectivity index (χ0n) is 9.74. The molecule has 0 aliphatic carbocycles. The lowest BCUT2D eigenvalue weighted by Gasteiger charge is -2.28. The molecule has 0 amide bonds. The minimum absolute atomic E-state index is 0.557. The van der Waals surface area contributed by atoms with Crippen LogP contribution >= 0.6 is 22.9 Å². The van der Waals surface area contributed by atoms with Gasteiger partial charge in [0.2, 0.25) is 0 Å². The Hall–Kier alpha value is -0.100. The second-order valence-corrected chi connectivity index (χ2v) is 8.74. The van der Waals surface area contributed by atoms with E-state index in [0.29, 0.717) is 4.34 Å². The van der Waals surface area contributed by atoms with E-state index in [2.05, 4.69) is 0 Å². The van der Waals surface area contributed by atoms with Crippen molar-refractivity contribution in [2.45, 2.75) is 31.6 Å². The molecule has 3 nitrogen and oxygen atoms in total. The van der Waals surface area contributed by atoms with Crippen molar-refractivity contribution in [1.82, 2.24) is 0 Å². The molecule has 1 aromatic rings. The summed E-state index contributed by atoms with van der Waals surface area (Å²) in [5.74, 6) is 0. The first-order valence-electron chi connectivity index (χ1n) is 4.78. The highest BCUT2D eigenvalue weighted by Crippen LogP contribution is 2.37. The summed E-state index contributed by atoms with van der Waals surface area (Å²) in [6.07, 6.45) is 1.20. The molecule has 0 bridgehead atoms. The van der Waals surface area contributed by atoms with Crippen LogP contribution in [0.3, 0.4) is 0 Å². The fourth-order valence-electron chi connectivity index (χ4n) is 1.21. The molecule has 0 saturated heterocycles. The maximum Gasteiger partial charge on any atom is 0.154 e. The van der Waals surface area contributed by atoms with Gasteiger partial charge in [-0.15, -0.1) is 11.3 Å². The normalized spacial score (nSPS) is 15.1. The largest absolute Gasteiger partial charge is 0.322 e. The second-order valence-electron chi connectivity index (χ2n) is 4.46. The molecule has 1 rings (SSSR count). The quantitative estimate of drug-likeness (QED) is 0.926. The third-order valence-corrected chi connectivity index (χ3v) is 6.69. The van der Waals surface area contributed by atoms with E-state index in [4.69, 9.17) is 17.3 Å². The van der Waals surface area contributed by atoms with Gasteiger partial charge in [0.05, 0.1) is 15.1 Å². The zero-order chi connectivity index (χ0) is 12.7. The number of sulfone groups is 1. The summed E-state index contributed by atoms with van der Waals surface area (Å²) < 4.78 is 23.0. The Bertz CT molecular complexity index is 471. The molecule has 6 heteroatoms. The number of hydrogen-bond acceptors (Lipinski definition) is 4. The van der Waals surface area contributed by atoms with Crippen LogP contribution in [0.2, 0.25) is 4.34 Å². The Morgan fingerprint density at radius 2 is 2.00 bits per heavy atom. The number of thiophene rings is 1. The minimum atomic E-state index is -3.21. The monoisotopic (exact) mass is 281 g/mol. The predicted molar refractivity (Wildman–Crippen MR) is 69.9 cm³/mol. The van der Waals surface area contributed by atoms with Gasteiger partial charge in [0, 0.05) is 11.1 Å². The molecule has 0 aromatic carbocycles. The number of aryl methyl sites for hydroxylation is 1. The van der Waals surface area contributed by atoms with Crippen LogP contribution in [0.5, 0.6) is 0 Å². The van der Waals surface area contributed by atoms with Crippen LogP contribution in [0, 0.1) is 6.92 Å². The zero-order valence-corrected chi connectivity index (χ0v) is 12.1. The van der Waals surface area contributed by atoms with Crippen molar-refractivity contribution in [3.05, 3.63) is 20.8 Å². The average Bonchev–Trinajstić information content (AvgIpc) is 2.43. The Balaban J connectivity index is 3.17. The van der Waals surface area contributed by atoms with Crippen molar-refractivity contribution in [2.75, 3.05) is 6.26 Å². The molecule has 0 aliphatic rings. The standard InChI is InChI=1S/C10H16ClNO2S2/c1-6-5-7(15-9(6)11)8(12)10(2,3)16(4,13)14/h5,8H,12H2,1-4H3. The maximum atomic E-state index is 11.7. The van der Waals surface area contributed by atoms with Gasteiger partial charge in [0.15, 0.2) is 9.84 Å². The van der Waals surface area contributed by atoms with Crippen molar-refractivity contribution < 1.29 is 8.42 Å². The van der Waals surface area contributed by atoms with Crippen molar-refractivity contribution >= 4 is 32.8 Å². The van der Waals surface area contributed by atoms with Crippen LogP contribution in [0.25, 0.3) is 0 Å². The number of hydrogen-bond donors (Lipinski definition) is 1. The third-order valence-electron chi connectivity index (χ3n) is 2.89. The van der Waals surface area contributed by atoms with Gasteiger partial charge in [-0.2, -0.15) is 0 Å². The van der Waals surface area contributed by atoms with E-state index < -0.39 is 20.6 Å². The van der Waals surface area contributed by atoms with Crippen molar-refractivity contribution in [2.24, 2.45) is 5.73 Å². The van der Waals surface area contributed by atoms with Crippen molar-refractivity contribution in [3.8, 4) is 0 Å². The number of rotatable bonds is 3. The van der Waals surface area contributed by atoms with Crippen LogP contribution in [0.4, 0.5) is 0 Å². The molecule has 1 heterocycles. The molecular weight excluding hydrogens is 266 g/mol. The number of nitrogens with two attached hydrogens (primary N) is 1. The Morgan fingerprint density at radius 3 is 2.31 bits per heavy atom. The SMILES string of the molecule is Cc1cc(C(N)C(C)(C)S(C)(=O)=O)sc1Cl. The van der Waals surface area contributed by atoms with E-state index in [-0.39, 0.29) is 0 Å². The highest BCUT2D eigenvalue weighted by Gasteiger charge is 2.38. The minimum Gasteiger partial charge on any atom is -0.322 e. The predicted octanol–water partition coefficient (Wildman–Crippen LogP) is 2.53. The van der Waals surface area contributed by atoms with E-state index in [1.54, 1.807) is 13.8 Å².